The second-order valence-corrected chi connectivity index (χ2v) is 4.54. The van der Waals surface area contributed by atoms with E-state index in [9.17, 15) is 4.39 Å². The summed E-state index contributed by atoms with van der Waals surface area (Å²) < 4.78 is 13.6. The molecule has 0 spiro atoms. The van der Waals surface area contributed by atoms with Crippen molar-refractivity contribution in [3.8, 4) is 0 Å². The minimum Gasteiger partial charge on any atom is -0.308 e. The van der Waals surface area contributed by atoms with Gasteiger partial charge in [0.2, 0.25) is 0 Å². The molecule has 1 heterocycles. The molecule has 1 fully saturated rings. The number of nitrogens with one attached hydrogen (secondary N) is 1. The van der Waals surface area contributed by atoms with E-state index in [1.54, 1.807) is 6.07 Å². The Morgan fingerprint density at radius 2 is 2.19 bits per heavy atom. The lowest BCUT2D eigenvalue weighted by Crippen LogP contribution is -2.35. The maximum absolute atomic E-state index is 13.6. The van der Waals surface area contributed by atoms with Crippen LogP contribution in [0.5, 0.6) is 0 Å². The highest BCUT2D eigenvalue weighted by Crippen LogP contribution is 2.19. The zero-order valence-electron chi connectivity index (χ0n) is 10.0. The summed E-state index contributed by atoms with van der Waals surface area (Å²) in [4.78, 5) is 4.38. The molecule has 0 amide bonds. The van der Waals surface area contributed by atoms with Crippen LogP contribution in [0, 0.1) is 12.7 Å². The van der Waals surface area contributed by atoms with Crippen molar-refractivity contribution in [1.82, 2.24) is 10.3 Å². The fourth-order valence-electron chi connectivity index (χ4n) is 2.00. The normalized spacial score (nSPS) is 16.2. The molecule has 1 aliphatic rings. The first kappa shape index (κ1) is 11.5. The van der Waals surface area contributed by atoms with Crippen LogP contribution in [0.25, 0.3) is 0 Å². The van der Waals surface area contributed by atoms with Crippen LogP contribution in [0.3, 0.4) is 0 Å². The van der Waals surface area contributed by atoms with Crippen molar-refractivity contribution in [3.05, 3.63) is 28.8 Å². The molecule has 0 unspecified atom stereocenters. The molecule has 0 aliphatic heterocycles. The first-order chi connectivity index (χ1) is 7.70. The summed E-state index contributed by atoms with van der Waals surface area (Å²) in [7, 11) is 0. The van der Waals surface area contributed by atoms with Gasteiger partial charge in [-0.1, -0.05) is 13.3 Å². The largest absolute Gasteiger partial charge is 0.308 e. The summed E-state index contributed by atoms with van der Waals surface area (Å²) in [6.45, 7) is 4.53. The van der Waals surface area contributed by atoms with Crippen molar-refractivity contribution in [2.75, 3.05) is 0 Å². The van der Waals surface area contributed by atoms with Crippen molar-refractivity contribution in [1.29, 1.82) is 0 Å². The van der Waals surface area contributed by atoms with Crippen molar-refractivity contribution < 1.29 is 4.39 Å². The predicted octanol–water partition coefficient (Wildman–Crippen LogP) is 2.73. The molecule has 1 aromatic rings. The third kappa shape index (κ3) is 2.40. The molecule has 16 heavy (non-hydrogen) atoms. The molecular formula is C13H19FN2. The monoisotopic (exact) mass is 222 g/mol. The van der Waals surface area contributed by atoms with Gasteiger partial charge in [0.05, 0.1) is 5.69 Å². The summed E-state index contributed by atoms with van der Waals surface area (Å²) in [5.74, 6) is -0.179. The van der Waals surface area contributed by atoms with Crippen LogP contribution < -0.4 is 5.32 Å². The number of halogens is 1. The van der Waals surface area contributed by atoms with Gasteiger partial charge in [0.1, 0.15) is 5.82 Å². The van der Waals surface area contributed by atoms with Crippen molar-refractivity contribution >= 4 is 0 Å². The minimum atomic E-state index is -0.179. The standard InChI is InChI=1S/C13H19FN2/c1-3-12-9(2)7-11(14)13(16-12)8-15-10-5-4-6-10/h7,10,15H,3-6,8H2,1-2H3. The maximum atomic E-state index is 13.6. The Kier molecular flexibility index (Phi) is 3.54. The molecule has 2 nitrogen and oxygen atoms in total. The van der Waals surface area contributed by atoms with E-state index < -0.39 is 0 Å². The smallest absolute Gasteiger partial charge is 0.146 e. The first-order valence-corrected chi connectivity index (χ1v) is 6.09. The van der Waals surface area contributed by atoms with E-state index in [1.807, 2.05) is 6.92 Å². The van der Waals surface area contributed by atoms with E-state index in [4.69, 9.17) is 0 Å². The Morgan fingerprint density at radius 3 is 2.75 bits per heavy atom. The lowest BCUT2D eigenvalue weighted by molar-refractivity contribution is 0.334. The fourth-order valence-corrected chi connectivity index (χ4v) is 2.00. The number of aromatic nitrogens is 1. The van der Waals surface area contributed by atoms with Crippen LogP contribution in [0.2, 0.25) is 0 Å². The van der Waals surface area contributed by atoms with Gasteiger partial charge in [0.25, 0.3) is 0 Å². The number of aryl methyl sites for hydroxylation is 2. The zero-order valence-corrected chi connectivity index (χ0v) is 10.0. The predicted molar refractivity (Wildman–Crippen MR) is 62.8 cm³/mol. The maximum Gasteiger partial charge on any atom is 0.146 e. The first-order valence-electron chi connectivity index (χ1n) is 6.09. The summed E-state index contributed by atoms with van der Waals surface area (Å²) in [6.07, 6.45) is 4.59. The van der Waals surface area contributed by atoms with Crippen molar-refractivity contribution in [3.63, 3.8) is 0 Å². The molecule has 0 atom stereocenters. The molecule has 2 rings (SSSR count). The molecule has 3 heteroatoms. The number of hydrogen-bond donors (Lipinski definition) is 1. The molecule has 1 aromatic heterocycles. The Balaban J connectivity index is 2.06. The SMILES string of the molecule is CCc1nc(CNC2CCC2)c(F)cc1C. The highest BCUT2D eigenvalue weighted by atomic mass is 19.1. The molecule has 1 saturated carbocycles. The van der Waals surface area contributed by atoms with Gasteiger partial charge in [-0.15, -0.1) is 0 Å². The third-order valence-corrected chi connectivity index (χ3v) is 3.34. The van der Waals surface area contributed by atoms with E-state index in [1.165, 1.54) is 19.3 Å². The molecule has 0 aromatic carbocycles. The topological polar surface area (TPSA) is 24.9 Å². The van der Waals surface area contributed by atoms with Crippen molar-refractivity contribution in [2.24, 2.45) is 0 Å². The number of hydrogen-bond acceptors (Lipinski definition) is 2. The Hall–Kier alpha value is -0.960. The third-order valence-electron chi connectivity index (χ3n) is 3.34. The van der Waals surface area contributed by atoms with Gasteiger partial charge in [-0.2, -0.15) is 0 Å². The Bertz CT molecular complexity index is 372. The average Bonchev–Trinajstić information content (AvgIpc) is 2.18. The van der Waals surface area contributed by atoms with E-state index in [0.29, 0.717) is 18.3 Å². The molecule has 0 saturated heterocycles. The Labute approximate surface area is 96.3 Å². The van der Waals surface area contributed by atoms with Crippen LogP contribution in [-0.4, -0.2) is 11.0 Å². The minimum absolute atomic E-state index is 0.179. The van der Waals surface area contributed by atoms with Gasteiger partial charge in [-0.25, -0.2) is 4.39 Å². The molecular weight excluding hydrogens is 203 g/mol. The van der Waals surface area contributed by atoms with Crippen LogP contribution in [0.15, 0.2) is 6.07 Å². The fraction of sp³-hybridized carbons (Fsp3) is 0.615. The summed E-state index contributed by atoms with van der Waals surface area (Å²) in [5, 5.41) is 3.34. The second-order valence-electron chi connectivity index (χ2n) is 4.54. The van der Waals surface area contributed by atoms with E-state index >= 15 is 0 Å². The Morgan fingerprint density at radius 1 is 1.44 bits per heavy atom. The van der Waals surface area contributed by atoms with Crippen LogP contribution in [0.1, 0.15) is 43.1 Å². The lowest BCUT2D eigenvalue weighted by atomic mass is 9.93. The molecule has 88 valence electrons. The van der Waals surface area contributed by atoms with Gasteiger partial charge in [-0.05, 0) is 37.8 Å². The van der Waals surface area contributed by atoms with Gasteiger partial charge < -0.3 is 5.32 Å². The van der Waals surface area contributed by atoms with E-state index in [-0.39, 0.29) is 5.82 Å². The lowest BCUT2D eigenvalue weighted by Gasteiger charge is -2.26. The van der Waals surface area contributed by atoms with Crippen LogP contribution in [0.4, 0.5) is 4.39 Å². The van der Waals surface area contributed by atoms with Crippen molar-refractivity contribution in [2.45, 2.75) is 52.1 Å². The highest BCUT2D eigenvalue weighted by Gasteiger charge is 2.17. The van der Waals surface area contributed by atoms with Gasteiger partial charge in [0, 0.05) is 18.3 Å². The van der Waals surface area contributed by atoms with Gasteiger partial charge in [-0.3, -0.25) is 4.98 Å². The number of nitrogens with zero attached hydrogens (tertiary/aromatic N) is 1. The molecule has 1 aliphatic carbocycles. The molecule has 0 radical (unpaired) electrons. The van der Waals surface area contributed by atoms with E-state index in [2.05, 4.69) is 17.2 Å². The quantitative estimate of drug-likeness (QED) is 0.847. The molecule has 1 N–H and O–H groups in total. The van der Waals surface area contributed by atoms with E-state index in [0.717, 1.165) is 17.7 Å². The number of pyridine rings is 1. The van der Waals surface area contributed by atoms with Gasteiger partial charge in [0.15, 0.2) is 0 Å². The summed E-state index contributed by atoms with van der Waals surface area (Å²) in [6, 6.07) is 2.18. The van der Waals surface area contributed by atoms with Crippen LogP contribution in [-0.2, 0) is 13.0 Å². The summed E-state index contributed by atoms with van der Waals surface area (Å²) in [5.41, 5.74) is 2.52. The molecule has 0 bridgehead atoms. The average molecular weight is 222 g/mol. The zero-order chi connectivity index (χ0) is 11.5. The van der Waals surface area contributed by atoms with Gasteiger partial charge >= 0.3 is 0 Å². The highest BCUT2D eigenvalue weighted by molar-refractivity contribution is 5.23. The summed E-state index contributed by atoms with van der Waals surface area (Å²) >= 11 is 0. The second kappa shape index (κ2) is 4.91. The number of rotatable bonds is 4. The van der Waals surface area contributed by atoms with Crippen LogP contribution >= 0.6 is 0 Å².